The van der Waals surface area contributed by atoms with Crippen LogP contribution in [0.4, 0.5) is 0 Å². The molecule has 126 valence electrons. The van der Waals surface area contributed by atoms with Crippen molar-refractivity contribution in [2.45, 2.75) is 13.0 Å². The maximum absolute atomic E-state index is 12.4. The van der Waals surface area contributed by atoms with Crippen molar-refractivity contribution in [1.82, 2.24) is 5.32 Å². The van der Waals surface area contributed by atoms with Gasteiger partial charge in [-0.1, -0.05) is 55.5 Å². The number of thioether (sulfide) groups is 1. The van der Waals surface area contributed by atoms with E-state index in [2.05, 4.69) is 12.2 Å². The van der Waals surface area contributed by atoms with Gasteiger partial charge in [-0.2, -0.15) is 11.8 Å². The molecular weight excluding hydrogens is 322 g/mol. The van der Waals surface area contributed by atoms with E-state index in [1.165, 1.54) is 0 Å². The van der Waals surface area contributed by atoms with Crippen LogP contribution in [0.15, 0.2) is 60.7 Å². The summed E-state index contributed by atoms with van der Waals surface area (Å²) < 4.78 is 5.32. The molecule has 4 nitrogen and oxygen atoms in total. The van der Waals surface area contributed by atoms with Gasteiger partial charge >= 0.3 is 5.97 Å². The summed E-state index contributed by atoms with van der Waals surface area (Å²) in [6.07, 6.45) is 0. The highest BCUT2D eigenvalue weighted by Gasteiger charge is 2.24. The Balaban J connectivity index is 2.08. The Bertz CT molecular complexity index is 646. The van der Waals surface area contributed by atoms with Crippen LogP contribution in [-0.4, -0.2) is 30.0 Å². The molecule has 2 aromatic carbocycles. The van der Waals surface area contributed by atoms with Gasteiger partial charge in [-0.05, 0) is 23.4 Å². The average Bonchev–Trinajstić information content (AvgIpc) is 2.64. The molecule has 0 aliphatic heterocycles. The number of carbonyl (C=O) groups excluding carboxylic acids is 2. The Kier molecular flexibility index (Phi) is 7.36. The van der Waals surface area contributed by atoms with Gasteiger partial charge in [-0.3, -0.25) is 4.79 Å². The van der Waals surface area contributed by atoms with E-state index in [0.29, 0.717) is 17.7 Å². The largest absolute Gasteiger partial charge is 0.463 e. The summed E-state index contributed by atoms with van der Waals surface area (Å²) in [5, 5.41) is 2.77. The molecule has 1 amide bonds. The number of carbonyl (C=O) groups is 2. The maximum atomic E-state index is 12.4. The smallest absolute Gasteiger partial charge is 0.333 e. The van der Waals surface area contributed by atoms with Crippen LogP contribution >= 0.6 is 11.8 Å². The molecule has 0 fully saturated rings. The number of rotatable bonds is 8. The number of benzene rings is 2. The molecule has 0 aliphatic rings. The SMILES string of the molecule is CCSCCOC(=O)C(NC(=O)c1ccccc1)c1ccccc1. The average molecular weight is 343 g/mol. The minimum atomic E-state index is -0.814. The molecular formula is C19H21NO3S. The molecule has 5 heteroatoms. The van der Waals surface area contributed by atoms with Crippen molar-refractivity contribution in [3.05, 3.63) is 71.8 Å². The van der Waals surface area contributed by atoms with Crippen LogP contribution in [0, 0.1) is 0 Å². The third-order valence-electron chi connectivity index (χ3n) is 3.36. The fourth-order valence-corrected chi connectivity index (χ4v) is 2.65. The Morgan fingerprint density at radius 2 is 1.67 bits per heavy atom. The lowest BCUT2D eigenvalue weighted by Crippen LogP contribution is -2.35. The molecule has 0 spiro atoms. The molecule has 24 heavy (non-hydrogen) atoms. The molecule has 0 aromatic heterocycles. The first-order chi connectivity index (χ1) is 11.7. The number of ether oxygens (including phenoxy) is 1. The van der Waals surface area contributed by atoms with E-state index in [1.54, 1.807) is 48.2 Å². The topological polar surface area (TPSA) is 55.4 Å². The van der Waals surface area contributed by atoms with Gasteiger partial charge in [0.15, 0.2) is 6.04 Å². The lowest BCUT2D eigenvalue weighted by molar-refractivity contribution is -0.145. The Hall–Kier alpha value is -2.27. The molecule has 0 aliphatic carbocycles. The molecule has 1 N–H and O–H groups in total. The minimum Gasteiger partial charge on any atom is -0.463 e. The van der Waals surface area contributed by atoms with E-state index in [-0.39, 0.29) is 5.91 Å². The lowest BCUT2D eigenvalue weighted by Gasteiger charge is -2.18. The molecule has 0 bridgehead atoms. The van der Waals surface area contributed by atoms with Crippen molar-refractivity contribution in [2.24, 2.45) is 0 Å². The predicted octanol–water partition coefficient (Wildman–Crippen LogP) is 3.45. The minimum absolute atomic E-state index is 0.302. The van der Waals surface area contributed by atoms with E-state index in [0.717, 1.165) is 11.5 Å². The fourth-order valence-electron chi connectivity index (χ4n) is 2.16. The van der Waals surface area contributed by atoms with Crippen LogP contribution in [0.25, 0.3) is 0 Å². The van der Waals surface area contributed by atoms with Gasteiger partial charge < -0.3 is 10.1 Å². The van der Waals surface area contributed by atoms with Crippen LogP contribution < -0.4 is 5.32 Å². The number of esters is 1. The van der Waals surface area contributed by atoms with Crippen molar-refractivity contribution < 1.29 is 14.3 Å². The van der Waals surface area contributed by atoms with Crippen molar-refractivity contribution >= 4 is 23.6 Å². The number of nitrogens with one attached hydrogen (secondary N) is 1. The van der Waals surface area contributed by atoms with E-state index in [1.807, 2.05) is 24.3 Å². The third-order valence-corrected chi connectivity index (χ3v) is 4.22. The second kappa shape index (κ2) is 9.78. The third kappa shape index (κ3) is 5.42. The monoisotopic (exact) mass is 343 g/mol. The zero-order valence-electron chi connectivity index (χ0n) is 13.6. The van der Waals surface area contributed by atoms with Gasteiger partial charge in [0.25, 0.3) is 5.91 Å². The highest BCUT2D eigenvalue weighted by atomic mass is 32.2. The molecule has 2 aromatic rings. The molecule has 0 heterocycles. The van der Waals surface area contributed by atoms with Crippen LogP contribution in [0.3, 0.4) is 0 Å². The summed E-state index contributed by atoms with van der Waals surface area (Å²) in [5.41, 5.74) is 1.21. The fraction of sp³-hybridized carbons (Fsp3) is 0.263. The zero-order chi connectivity index (χ0) is 17.2. The molecule has 0 saturated carbocycles. The number of hydrogen-bond donors (Lipinski definition) is 1. The molecule has 0 radical (unpaired) electrons. The quantitative estimate of drug-likeness (QED) is 0.589. The standard InChI is InChI=1S/C19H21NO3S/c1-2-24-14-13-23-19(22)17(15-9-5-3-6-10-15)20-18(21)16-11-7-4-8-12-16/h3-12,17H,2,13-14H2,1H3,(H,20,21). The summed E-state index contributed by atoms with van der Waals surface area (Å²) in [4.78, 5) is 24.8. The summed E-state index contributed by atoms with van der Waals surface area (Å²) in [5.74, 6) is 0.979. The van der Waals surface area contributed by atoms with Gasteiger partial charge in [0.2, 0.25) is 0 Å². The highest BCUT2D eigenvalue weighted by molar-refractivity contribution is 7.99. The van der Waals surface area contributed by atoms with Crippen LogP contribution in [0.2, 0.25) is 0 Å². The van der Waals surface area contributed by atoms with Crippen molar-refractivity contribution in [3.63, 3.8) is 0 Å². The molecule has 0 saturated heterocycles. The van der Waals surface area contributed by atoms with E-state index in [9.17, 15) is 9.59 Å². The normalized spacial score (nSPS) is 11.5. The maximum Gasteiger partial charge on any atom is 0.333 e. The molecule has 1 unspecified atom stereocenters. The van der Waals surface area contributed by atoms with Gasteiger partial charge in [-0.15, -0.1) is 0 Å². The summed E-state index contributed by atoms with van der Waals surface area (Å²) >= 11 is 1.70. The first kappa shape index (κ1) is 18.1. The first-order valence-electron chi connectivity index (χ1n) is 7.87. The second-order valence-electron chi connectivity index (χ2n) is 5.05. The van der Waals surface area contributed by atoms with Crippen LogP contribution in [0.5, 0.6) is 0 Å². The van der Waals surface area contributed by atoms with Crippen LogP contribution in [0.1, 0.15) is 28.9 Å². The van der Waals surface area contributed by atoms with Gasteiger partial charge in [-0.25, -0.2) is 4.79 Å². The van der Waals surface area contributed by atoms with Crippen molar-refractivity contribution in [2.75, 3.05) is 18.1 Å². The van der Waals surface area contributed by atoms with Crippen LogP contribution in [-0.2, 0) is 9.53 Å². The number of hydrogen-bond acceptors (Lipinski definition) is 4. The Morgan fingerprint density at radius 1 is 1.04 bits per heavy atom. The van der Waals surface area contributed by atoms with Crippen molar-refractivity contribution in [3.8, 4) is 0 Å². The molecule has 2 rings (SSSR count). The second-order valence-corrected chi connectivity index (χ2v) is 6.44. The summed E-state index contributed by atoms with van der Waals surface area (Å²) in [6.45, 7) is 2.39. The Labute approximate surface area is 146 Å². The van der Waals surface area contributed by atoms with Crippen molar-refractivity contribution in [1.29, 1.82) is 0 Å². The predicted molar refractivity (Wildman–Crippen MR) is 97.0 cm³/mol. The van der Waals surface area contributed by atoms with E-state index < -0.39 is 12.0 Å². The Morgan fingerprint density at radius 3 is 2.29 bits per heavy atom. The van der Waals surface area contributed by atoms with E-state index >= 15 is 0 Å². The number of amides is 1. The van der Waals surface area contributed by atoms with Gasteiger partial charge in [0.1, 0.15) is 6.61 Å². The van der Waals surface area contributed by atoms with E-state index in [4.69, 9.17) is 4.74 Å². The lowest BCUT2D eigenvalue weighted by atomic mass is 10.1. The first-order valence-corrected chi connectivity index (χ1v) is 9.03. The summed E-state index contributed by atoms with van der Waals surface area (Å²) in [6, 6.07) is 17.1. The summed E-state index contributed by atoms with van der Waals surface area (Å²) in [7, 11) is 0. The van der Waals surface area contributed by atoms with Gasteiger partial charge in [0, 0.05) is 11.3 Å². The zero-order valence-corrected chi connectivity index (χ0v) is 14.4. The molecule has 1 atom stereocenters. The highest BCUT2D eigenvalue weighted by Crippen LogP contribution is 2.16. The van der Waals surface area contributed by atoms with Gasteiger partial charge in [0.05, 0.1) is 0 Å².